The van der Waals surface area contributed by atoms with Gasteiger partial charge in [-0.05, 0) is 30.7 Å². The number of anilines is 2. The Balaban J connectivity index is 1.60. The summed E-state index contributed by atoms with van der Waals surface area (Å²) in [6, 6.07) is 9.55. The molecule has 0 bridgehead atoms. The molecule has 7 heteroatoms. The van der Waals surface area contributed by atoms with Crippen molar-refractivity contribution in [3.05, 3.63) is 54.0 Å². The molecule has 124 valence electrons. The zero-order valence-electron chi connectivity index (χ0n) is 12.9. The molecule has 1 aromatic carbocycles. The third-order valence-corrected chi connectivity index (χ3v) is 3.92. The van der Waals surface area contributed by atoms with E-state index in [4.69, 9.17) is 0 Å². The third-order valence-electron chi connectivity index (χ3n) is 3.92. The van der Waals surface area contributed by atoms with Crippen LogP contribution in [0.2, 0.25) is 0 Å². The highest BCUT2D eigenvalue weighted by Crippen LogP contribution is 2.19. The number of carbonyl (C=O) groups is 2. The summed E-state index contributed by atoms with van der Waals surface area (Å²) in [5, 5.41) is 5.76. The van der Waals surface area contributed by atoms with Crippen LogP contribution in [0.5, 0.6) is 0 Å². The fraction of sp³-hybridized carbons (Fsp3) is 0.235. The number of amides is 2. The lowest BCUT2D eigenvalue weighted by Crippen LogP contribution is -2.32. The molecular weight excluding hydrogens is 311 g/mol. The van der Waals surface area contributed by atoms with E-state index < -0.39 is 5.82 Å². The van der Waals surface area contributed by atoms with Crippen LogP contribution in [-0.4, -0.2) is 41.3 Å². The van der Waals surface area contributed by atoms with Crippen LogP contribution in [0.15, 0.2) is 42.6 Å². The Morgan fingerprint density at radius 3 is 2.83 bits per heavy atom. The highest BCUT2D eigenvalue weighted by molar-refractivity contribution is 5.94. The topological polar surface area (TPSA) is 74.3 Å². The van der Waals surface area contributed by atoms with Crippen molar-refractivity contribution in [2.24, 2.45) is 0 Å². The number of nitrogens with one attached hydrogen (secondary N) is 2. The van der Waals surface area contributed by atoms with E-state index >= 15 is 0 Å². The van der Waals surface area contributed by atoms with Gasteiger partial charge in [0.2, 0.25) is 6.41 Å². The molecule has 1 aliphatic heterocycles. The van der Waals surface area contributed by atoms with Gasteiger partial charge in [0, 0.05) is 19.1 Å². The van der Waals surface area contributed by atoms with Gasteiger partial charge in [0.15, 0.2) is 0 Å². The van der Waals surface area contributed by atoms with Gasteiger partial charge in [0.25, 0.3) is 5.91 Å². The monoisotopic (exact) mass is 328 g/mol. The summed E-state index contributed by atoms with van der Waals surface area (Å²) >= 11 is 0. The van der Waals surface area contributed by atoms with Crippen molar-refractivity contribution in [2.45, 2.75) is 12.5 Å². The molecule has 0 spiro atoms. The number of hydrogen-bond acceptors (Lipinski definition) is 4. The number of rotatable bonds is 5. The molecule has 1 saturated heterocycles. The van der Waals surface area contributed by atoms with Gasteiger partial charge in [-0.2, -0.15) is 0 Å². The number of nitrogens with zero attached hydrogens (tertiary/aromatic N) is 2. The van der Waals surface area contributed by atoms with Crippen LogP contribution in [0.3, 0.4) is 0 Å². The van der Waals surface area contributed by atoms with Gasteiger partial charge in [-0.3, -0.25) is 9.59 Å². The molecule has 2 N–H and O–H groups in total. The standard InChI is InChI=1S/C17H17FN4O2/c18-15-4-2-1-3-14(15)17(24)22-8-7-13(10-22)21-16-6-5-12(9-19-16)20-11-23/h1-6,9,11,13H,7-8,10H2,(H,19,21)(H,20,23). The molecule has 1 atom stereocenters. The van der Waals surface area contributed by atoms with Gasteiger partial charge < -0.3 is 15.5 Å². The largest absolute Gasteiger partial charge is 0.365 e. The van der Waals surface area contributed by atoms with E-state index in [2.05, 4.69) is 15.6 Å². The third kappa shape index (κ3) is 3.51. The number of aromatic nitrogens is 1. The average Bonchev–Trinajstić information content (AvgIpc) is 3.05. The van der Waals surface area contributed by atoms with Crippen molar-refractivity contribution >= 4 is 23.8 Å². The van der Waals surface area contributed by atoms with E-state index in [1.54, 1.807) is 35.4 Å². The number of pyridine rings is 1. The number of carbonyl (C=O) groups excluding carboxylic acids is 2. The molecule has 0 aliphatic carbocycles. The second kappa shape index (κ2) is 7.08. The first kappa shape index (κ1) is 15.9. The zero-order chi connectivity index (χ0) is 16.9. The van der Waals surface area contributed by atoms with Crippen molar-refractivity contribution in [1.82, 2.24) is 9.88 Å². The number of halogens is 1. The van der Waals surface area contributed by atoms with E-state index in [0.717, 1.165) is 6.42 Å². The first-order chi connectivity index (χ1) is 11.7. The molecule has 2 amide bonds. The molecule has 3 rings (SSSR count). The van der Waals surface area contributed by atoms with Gasteiger partial charge in [-0.25, -0.2) is 9.37 Å². The molecule has 0 saturated carbocycles. The van der Waals surface area contributed by atoms with Crippen LogP contribution in [0.25, 0.3) is 0 Å². The molecule has 2 heterocycles. The van der Waals surface area contributed by atoms with E-state index in [-0.39, 0.29) is 17.5 Å². The normalized spacial score (nSPS) is 16.7. The van der Waals surface area contributed by atoms with Crippen molar-refractivity contribution in [3.8, 4) is 0 Å². The van der Waals surface area contributed by atoms with E-state index in [0.29, 0.717) is 31.0 Å². The first-order valence-corrected chi connectivity index (χ1v) is 7.64. The van der Waals surface area contributed by atoms with Crippen LogP contribution in [0.4, 0.5) is 15.9 Å². The first-order valence-electron chi connectivity index (χ1n) is 7.64. The van der Waals surface area contributed by atoms with Crippen molar-refractivity contribution in [1.29, 1.82) is 0 Å². The van der Waals surface area contributed by atoms with Crippen molar-refractivity contribution < 1.29 is 14.0 Å². The number of benzene rings is 1. The van der Waals surface area contributed by atoms with E-state index in [1.807, 2.05) is 0 Å². The molecular formula is C17H17FN4O2. The number of likely N-dealkylation sites (tertiary alicyclic amines) is 1. The minimum absolute atomic E-state index is 0.0538. The summed E-state index contributed by atoms with van der Waals surface area (Å²) in [7, 11) is 0. The molecule has 1 aromatic heterocycles. The minimum Gasteiger partial charge on any atom is -0.365 e. The van der Waals surface area contributed by atoms with Crippen LogP contribution < -0.4 is 10.6 Å². The Hall–Kier alpha value is -2.96. The van der Waals surface area contributed by atoms with Gasteiger partial charge >= 0.3 is 0 Å². The summed E-state index contributed by atoms with van der Waals surface area (Å²) in [6.45, 7) is 1.05. The van der Waals surface area contributed by atoms with Crippen LogP contribution >= 0.6 is 0 Å². The molecule has 1 unspecified atom stereocenters. The minimum atomic E-state index is -0.501. The lowest BCUT2D eigenvalue weighted by molar-refractivity contribution is -0.105. The summed E-state index contributed by atoms with van der Waals surface area (Å²) in [5.41, 5.74) is 0.707. The molecule has 6 nitrogen and oxygen atoms in total. The van der Waals surface area contributed by atoms with Gasteiger partial charge in [-0.1, -0.05) is 12.1 Å². The quantitative estimate of drug-likeness (QED) is 0.825. The lowest BCUT2D eigenvalue weighted by Gasteiger charge is -2.18. The maximum atomic E-state index is 13.7. The zero-order valence-corrected chi connectivity index (χ0v) is 12.9. The number of hydrogen-bond donors (Lipinski definition) is 2. The predicted octanol–water partition coefficient (Wildman–Crippen LogP) is 2.12. The highest BCUT2D eigenvalue weighted by Gasteiger charge is 2.28. The van der Waals surface area contributed by atoms with Gasteiger partial charge in [-0.15, -0.1) is 0 Å². The van der Waals surface area contributed by atoms with E-state index in [1.165, 1.54) is 12.1 Å². The maximum Gasteiger partial charge on any atom is 0.256 e. The second-order valence-electron chi connectivity index (χ2n) is 5.56. The molecule has 24 heavy (non-hydrogen) atoms. The SMILES string of the molecule is O=CNc1ccc(NC2CCN(C(=O)c3ccccc3F)C2)nc1. The van der Waals surface area contributed by atoms with Gasteiger partial charge in [0.1, 0.15) is 11.6 Å². The second-order valence-corrected chi connectivity index (χ2v) is 5.56. The summed E-state index contributed by atoms with van der Waals surface area (Å²) in [4.78, 5) is 28.6. The van der Waals surface area contributed by atoms with Gasteiger partial charge in [0.05, 0.1) is 17.4 Å². The maximum absolute atomic E-state index is 13.7. The summed E-state index contributed by atoms with van der Waals surface area (Å²) < 4.78 is 13.7. The Kier molecular flexibility index (Phi) is 4.69. The Bertz CT molecular complexity index is 736. The average molecular weight is 328 g/mol. The Labute approximate surface area is 138 Å². The van der Waals surface area contributed by atoms with Crippen molar-refractivity contribution in [2.75, 3.05) is 23.7 Å². The van der Waals surface area contributed by atoms with Crippen LogP contribution in [0, 0.1) is 5.82 Å². The molecule has 2 aromatic rings. The van der Waals surface area contributed by atoms with Crippen LogP contribution in [0.1, 0.15) is 16.8 Å². The van der Waals surface area contributed by atoms with E-state index in [9.17, 15) is 14.0 Å². The molecule has 1 aliphatic rings. The summed E-state index contributed by atoms with van der Waals surface area (Å²) in [5.74, 6) is -0.133. The smallest absolute Gasteiger partial charge is 0.256 e. The van der Waals surface area contributed by atoms with Crippen LogP contribution in [-0.2, 0) is 4.79 Å². The predicted molar refractivity (Wildman–Crippen MR) is 88.3 cm³/mol. The summed E-state index contributed by atoms with van der Waals surface area (Å²) in [6.07, 6.45) is 2.90. The lowest BCUT2D eigenvalue weighted by atomic mass is 10.2. The fourth-order valence-electron chi connectivity index (χ4n) is 2.71. The Morgan fingerprint density at radius 2 is 2.12 bits per heavy atom. The molecule has 1 fully saturated rings. The van der Waals surface area contributed by atoms with Crippen molar-refractivity contribution in [3.63, 3.8) is 0 Å². The highest BCUT2D eigenvalue weighted by atomic mass is 19.1. The fourth-order valence-corrected chi connectivity index (χ4v) is 2.71. The molecule has 0 radical (unpaired) electrons. The Morgan fingerprint density at radius 1 is 1.29 bits per heavy atom.